The Labute approximate surface area is 103 Å². The lowest BCUT2D eigenvalue weighted by Crippen LogP contribution is -2.15. The molecule has 1 aromatic rings. The van der Waals surface area contributed by atoms with Crippen LogP contribution in [0, 0.1) is 13.8 Å². The van der Waals surface area contributed by atoms with Gasteiger partial charge in [-0.25, -0.2) is 8.42 Å². The van der Waals surface area contributed by atoms with E-state index in [-0.39, 0.29) is 11.8 Å². The molecular formula is C11H21N3O2S. The normalized spacial score (nSPS) is 13.9. The van der Waals surface area contributed by atoms with Gasteiger partial charge in [-0.2, -0.15) is 5.10 Å². The highest BCUT2D eigenvalue weighted by molar-refractivity contribution is 7.90. The van der Waals surface area contributed by atoms with E-state index in [1.165, 1.54) is 6.26 Å². The lowest BCUT2D eigenvalue weighted by atomic mass is 10.1. The van der Waals surface area contributed by atoms with Gasteiger partial charge in [0.2, 0.25) is 0 Å². The summed E-state index contributed by atoms with van der Waals surface area (Å²) in [4.78, 5) is 0. The Balaban J connectivity index is 2.97. The van der Waals surface area contributed by atoms with Gasteiger partial charge in [-0.15, -0.1) is 0 Å². The quantitative estimate of drug-likeness (QED) is 0.850. The van der Waals surface area contributed by atoms with Gasteiger partial charge in [0.15, 0.2) is 0 Å². The SMILES string of the molecule is CNC(C)c1c(C)nn(CCS(C)(=O)=O)c1C. The molecule has 1 N–H and O–H groups in total. The molecule has 5 nitrogen and oxygen atoms in total. The summed E-state index contributed by atoms with van der Waals surface area (Å²) in [6, 6.07) is 0.224. The molecule has 0 saturated carbocycles. The van der Waals surface area contributed by atoms with Crippen LogP contribution in [0.15, 0.2) is 0 Å². The molecule has 0 aromatic carbocycles. The molecule has 6 heteroatoms. The maximum Gasteiger partial charge on any atom is 0.149 e. The van der Waals surface area contributed by atoms with Gasteiger partial charge in [0, 0.05) is 23.6 Å². The fourth-order valence-corrected chi connectivity index (χ4v) is 2.46. The predicted molar refractivity (Wildman–Crippen MR) is 68.9 cm³/mol. The van der Waals surface area contributed by atoms with Crippen molar-refractivity contribution in [1.82, 2.24) is 15.1 Å². The molecule has 0 fully saturated rings. The highest BCUT2D eigenvalue weighted by atomic mass is 32.2. The number of aromatic nitrogens is 2. The van der Waals surface area contributed by atoms with Crippen LogP contribution in [0.2, 0.25) is 0 Å². The van der Waals surface area contributed by atoms with Crippen molar-refractivity contribution in [2.75, 3.05) is 19.1 Å². The van der Waals surface area contributed by atoms with Crippen LogP contribution < -0.4 is 5.32 Å². The molecule has 1 aromatic heterocycles. The van der Waals surface area contributed by atoms with Gasteiger partial charge in [0.25, 0.3) is 0 Å². The van der Waals surface area contributed by atoms with E-state index in [0.717, 1.165) is 17.0 Å². The number of hydrogen-bond acceptors (Lipinski definition) is 4. The maximum absolute atomic E-state index is 11.1. The zero-order valence-electron chi connectivity index (χ0n) is 11.1. The molecule has 1 heterocycles. The summed E-state index contributed by atoms with van der Waals surface area (Å²) in [5, 5.41) is 7.57. The lowest BCUT2D eigenvalue weighted by Gasteiger charge is -2.11. The minimum absolute atomic E-state index is 0.127. The second-order valence-electron chi connectivity index (χ2n) is 4.45. The van der Waals surface area contributed by atoms with Crippen molar-refractivity contribution >= 4 is 9.84 Å². The van der Waals surface area contributed by atoms with Gasteiger partial charge in [-0.05, 0) is 27.8 Å². The molecule has 1 rings (SSSR count). The fraction of sp³-hybridized carbons (Fsp3) is 0.727. The summed E-state index contributed by atoms with van der Waals surface area (Å²) >= 11 is 0. The van der Waals surface area contributed by atoms with Crippen LogP contribution in [-0.2, 0) is 16.4 Å². The van der Waals surface area contributed by atoms with Gasteiger partial charge >= 0.3 is 0 Å². The number of hydrogen-bond donors (Lipinski definition) is 1. The van der Waals surface area contributed by atoms with Gasteiger partial charge in [0.1, 0.15) is 9.84 Å². The molecule has 1 unspecified atom stereocenters. The van der Waals surface area contributed by atoms with Crippen molar-refractivity contribution in [3.05, 3.63) is 17.0 Å². The molecule has 0 aliphatic heterocycles. The van der Waals surface area contributed by atoms with E-state index in [4.69, 9.17) is 0 Å². The standard InChI is InChI=1S/C11H21N3O2S/c1-8(12-4)11-9(2)13-14(10(11)3)6-7-17(5,15)16/h8,12H,6-7H2,1-5H3. The third kappa shape index (κ3) is 3.54. The van der Waals surface area contributed by atoms with Crippen molar-refractivity contribution in [2.24, 2.45) is 0 Å². The molecular weight excluding hydrogens is 238 g/mol. The molecule has 0 amide bonds. The van der Waals surface area contributed by atoms with Crippen LogP contribution in [0.25, 0.3) is 0 Å². The number of nitrogens with zero attached hydrogens (tertiary/aromatic N) is 2. The number of aryl methyl sites for hydroxylation is 2. The van der Waals surface area contributed by atoms with E-state index >= 15 is 0 Å². The van der Waals surface area contributed by atoms with Crippen LogP contribution in [0.3, 0.4) is 0 Å². The van der Waals surface area contributed by atoms with Crippen molar-refractivity contribution in [3.8, 4) is 0 Å². The molecule has 0 aliphatic carbocycles. The Morgan fingerprint density at radius 1 is 1.41 bits per heavy atom. The highest BCUT2D eigenvalue weighted by Crippen LogP contribution is 2.20. The Kier molecular flexibility index (Phi) is 4.32. The average molecular weight is 259 g/mol. The number of sulfone groups is 1. The summed E-state index contributed by atoms with van der Waals surface area (Å²) in [5.74, 6) is 0.127. The van der Waals surface area contributed by atoms with Gasteiger partial charge < -0.3 is 5.32 Å². The van der Waals surface area contributed by atoms with Crippen LogP contribution in [0.1, 0.15) is 29.9 Å². The first-order chi connectivity index (χ1) is 7.76. The second kappa shape index (κ2) is 5.18. The Hall–Kier alpha value is -0.880. The summed E-state index contributed by atoms with van der Waals surface area (Å²) in [6.45, 7) is 6.42. The number of rotatable bonds is 5. The Morgan fingerprint density at radius 2 is 2.00 bits per heavy atom. The maximum atomic E-state index is 11.1. The molecule has 98 valence electrons. The minimum atomic E-state index is -2.94. The van der Waals surface area contributed by atoms with Crippen LogP contribution in [-0.4, -0.2) is 37.3 Å². The zero-order valence-corrected chi connectivity index (χ0v) is 11.9. The van der Waals surface area contributed by atoms with Crippen molar-refractivity contribution in [3.63, 3.8) is 0 Å². The first-order valence-electron chi connectivity index (χ1n) is 5.65. The summed E-state index contributed by atoms with van der Waals surface area (Å²) in [7, 11) is -1.04. The minimum Gasteiger partial charge on any atom is -0.313 e. The molecule has 17 heavy (non-hydrogen) atoms. The van der Waals surface area contributed by atoms with Crippen molar-refractivity contribution in [1.29, 1.82) is 0 Å². The van der Waals surface area contributed by atoms with Gasteiger partial charge in [-0.1, -0.05) is 0 Å². The molecule has 0 spiro atoms. The molecule has 1 atom stereocenters. The van der Waals surface area contributed by atoms with E-state index < -0.39 is 9.84 Å². The zero-order chi connectivity index (χ0) is 13.2. The van der Waals surface area contributed by atoms with Crippen LogP contribution >= 0.6 is 0 Å². The molecule has 0 saturated heterocycles. The smallest absolute Gasteiger partial charge is 0.149 e. The van der Waals surface area contributed by atoms with Gasteiger partial charge in [-0.3, -0.25) is 4.68 Å². The van der Waals surface area contributed by atoms with E-state index in [1.54, 1.807) is 4.68 Å². The molecule has 0 aliphatic rings. The second-order valence-corrected chi connectivity index (χ2v) is 6.71. The Bertz CT molecular complexity index is 491. The van der Waals surface area contributed by atoms with Crippen LogP contribution in [0.5, 0.6) is 0 Å². The average Bonchev–Trinajstić information content (AvgIpc) is 2.49. The first kappa shape index (κ1) is 14.2. The third-order valence-corrected chi connectivity index (χ3v) is 3.90. The third-order valence-electron chi connectivity index (χ3n) is 2.98. The Morgan fingerprint density at radius 3 is 2.47 bits per heavy atom. The van der Waals surface area contributed by atoms with Crippen molar-refractivity contribution < 1.29 is 8.42 Å². The van der Waals surface area contributed by atoms with E-state index in [2.05, 4.69) is 17.3 Å². The van der Waals surface area contributed by atoms with Crippen molar-refractivity contribution in [2.45, 2.75) is 33.4 Å². The topological polar surface area (TPSA) is 64.0 Å². The largest absolute Gasteiger partial charge is 0.313 e. The predicted octanol–water partition coefficient (Wildman–Crippen LogP) is 0.825. The number of nitrogens with one attached hydrogen (secondary N) is 1. The summed E-state index contributed by atoms with van der Waals surface area (Å²) in [5.41, 5.74) is 3.15. The summed E-state index contributed by atoms with van der Waals surface area (Å²) < 4.78 is 24.1. The lowest BCUT2D eigenvalue weighted by molar-refractivity contribution is 0.579. The highest BCUT2D eigenvalue weighted by Gasteiger charge is 2.16. The van der Waals surface area contributed by atoms with Crippen LogP contribution in [0.4, 0.5) is 0 Å². The van der Waals surface area contributed by atoms with E-state index in [0.29, 0.717) is 6.54 Å². The summed E-state index contributed by atoms with van der Waals surface area (Å²) in [6.07, 6.45) is 1.25. The molecule has 0 bridgehead atoms. The monoisotopic (exact) mass is 259 g/mol. The fourth-order valence-electron chi connectivity index (χ4n) is 1.95. The first-order valence-corrected chi connectivity index (χ1v) is 7.71. The van der Waals surface area contributed by atoms with Gasteiger partial charge in [0.05, 0.1) is 18.0 Å². The van der Waals surface area contributed by atoms with E-state index in [1.807, 2.05) is 20.9 Å². The van der Waals surface area contributed by atoms with E-state index in [9.17, 15) is 8.42 Å². The molecule has 0 radical (unpaired) electrons.